The van der Waals surface area contributed by atoms with Crippen LogP contribution in [0.5, 0.6) is 11.5 Å². The summed E-state index contributed by atoms with van der Waals surface area (Å²) in [6, 6.07) is 15.9. The molecule has 1 heterocycles. The maximum Gasteiger partial charge on any atom is 0.323 e. The van der Waals surface area contributed by atoms with E-state index in [4.69, 9.17) is 9.47 Å². The van der Waals surface area contributed by atoms with Gasteiger partial charge in [0, 0.05) is 25.2 Å². The van der Waals surface area contributed by atoms with Crippen LogP contribution in [0.2, 0.25) is 0 Å². The van der Waals surface area contributed by atoms with Crippen molar-refractivity contribution in [3.8, 4) is 11.5 Å². The zero-order valence-corrected chi connectivity index (χ0v) is 27.5. The minimum atomic E-state index is -3.90. The third-order valence-electron chi connectivity index (χ3n) is 8.79. The summed E-state index contributed by atoms with van der Waals surface area (Å²) in [6.45, 7) is 3.54. The van der Waals surface area contributed by atoms with E-state index in [9.17, 15) is 23.1 Å². The molecular formula is C34H42N4O7S. The SMILES string of the molecule is COc1ccc(S(=O)(=O)N(C)C[C@@H]2Oc3c(NC(=O)Nc4cccc5c4CCCC5)cccc3C(=O)N([C@@H](C)CO)C[C@H]2C)cc1. The number of rotatable bonds is 9. The van der Waals surface area contributed by atoms with Gasteiger partial charge < -0.3 is 30.1 Å². The Morgan fingerprint density at radius 2 is 1.74 bits per heavy atom. The second-order valence-corrected chi connectivity index (χ2v) is 14.0. The van der Waals surface area contributed by atoms with Crippen molar-refractivity contribution >= 4 is 33.3 Å². The van der Waals surface area contributed by atoms with Crippen LogP contribution >= 0.6 is 0 Å². The van der Waals surface area contributed by atoms with Crippen LogP contribution in [0.15, 0.2) is 65.6 Å². The molecule has 0 spiro atoms. The van der Waals surface area contributed by atoms with Crippen LogP contribution < -0.4 is 20.1 Å². The van der Waals surface area contributed by atoms with Crippen LogP contribution in [0, 0.1) is 5.92 Å². The third kappa shape index (κ3) is 6.98. The topological polar surface area (TPSA) is 138 Å². The number of carbonyl (C=O) groups excluding carboxylic acids is 2. The van der Waals surface area contributed by atoms with Gasteiger partial charge in [-0.1, -0.05) is 25.1 Å². The molecule has 0 radical (unpaired) electrons. The lowest BCUT2D eigenvalue weighted by molar-refractivity contribution is 0.0389. The first-order valence-corrected chi connectivity index (χ1v) is 17.0. The van der Waals surface area contributed by atoms with Gasteiger partial charge in [0.05, 0.1) is 42.4 Å². The van der Waals surface area contributed by atoms with Gasteiger partial charge in [-0.15, -0.1) is 0 Å². The summed E-state index contributed by atoms with van der Waals surface area (Å²) in [5, 5.41) is 15.8. The van der Waals surface area contributed by atoms with Crippen molar-refractivity contribution in [2.24, 2.45) is 5.92 Å². The Bertz CT molecular complexity index is 1680. The smallest absolute Gasteiger partial charge is 0.323 e. The van der Waals surface area contributed by atoms with E-state index in [1.54, 1.807) is 42.2 Å². The second kappa shape index (κ2) is 14.1. The Balaban J connectivity index is 1.45. The van der Waals surface area contributed by atoms with E-state index in [0.29, 0.717) is 5.75 Å². The first kappa shape index (κ1) is 33.2. The van der Waals surface area contributed by atoms with Crippen molar-refractivity contribution in [3.63, 3.8) is 0 Å². The van der Waals surface area contributed by atoms with Crippen molar-refractivity contribution in [2.45, 2.75) is 56.6 Å². The van der Waals surface area contributed by atoms with Gasteiger partial charge in [-0.3, -0.25) is 4.79 Å². The summed E-state index contributed by atoms with van der Waals surface area (Å²) in [6.07, 6.45) is 3.31. The molecular weight excluding hydrogens is 608 g/mol. The molecule has 3 atom stereocenters. The van der Waals surface area contributed by atoms with Crippen molar-refractivity contribution in [2.75, 3.05) is 44.5 Å². The lowest BCUT2D eigenvalue weighted by Crippen LogP contribution is -2.50. The summed E-state index contributed by atoms with van der Waals surface area (Å²) >= 11 is 0. The summed E-state index contributed by atoms with van der Waals surface area (Å²) in [5.41, 5.74) is 3.57. The molecule has 3 aromatic carbocycles. The average Bonchev–Trinajstić information content (AvgIpc) is 3.06. The predicted molar refractivity (Wildman–Crippen MR) is 176 cm³/mol. The number of sulfonamides is 1. The van der Waals surface area contributed by atoms with Gasteiger partial charge in [-0.05, 0) is 86.2 Å². The van der Waals surface area contributed by atoms with E-state index in [-0.39, 0.29) is 53.4 Å². The zero-order chi connectivity index (χ0) is 33.0. The van der Waals surface area contributed by atoms with Crippen LogP contribution in [0.25, 0.3) is 0 Å². The predicted octanol–water partition coefficient (Wildman–Crippen LogP) is 4.76. The molecule has 2 aliphatic rings. The van der Waals surface area contributed by atoms with E-state index >= 15 is 0 Å². The molecule has 0 unspecified atom stereocenters. The van der Waals surface area contributed by atoms with Crippen LogP contribution in [-0.2, 0) is 22.9 Å². The van der Waals surface area contributed by atoms with E-state index in [1.165, 1.54) is 36.2 Å². The number of ether oxygens (including phenoxy) is 2. The zero-order valence-electron chi connectivity index (χ0n) is 26.7. The summed E-state index contributed by atoms with van der Waals surface area (Å²) in [4.78, 5) is 28.9. The largest absolute Gasteiger partial charge is 0.497 e. The Hall–Kier alpha value is -4.13. The molecule has 3 aromatic rings. The highest BCUT2D eigenvalue weighted by molar-refractivity contribution is 7.89. The minimum absolute atomic E-state index is 0.0405. The second-order valence-electron chi connectivity index (χ2n) is 12.0. The van der Waals surface area contributed by atoms with Gasteiger partial charge in [-0.25, -0.2) is 13.2 Å². The highest BCUT2D eigenvalue weighted by Crippen LogP contribution is 2.36. The Labute approximate surface area is 270 Å². The quantitative estimate of drug-likeness (QED) is 0.304. The molecule has 246 valence electrons. The number of fused-ring (bicyclic) bond motifs is 2. The molecule has 1 aliphatic heterocycles. The Morgan fingerprint density at radius 1 is 1.07 bits per heavy atom. The van der Waals surface area contributed by atoms with Gasteiger partial charge in [0.15, 0.2) is 5.75 Å². The first-order valence-electron chi connectivity index (χ1n) is 15.5. The number of aliphatic hydroxyl groups is 1. The number of urea groups is 1. The number of aryl methyl sites for hydroxylation is 1. The fraction of sp³-hybridized carbons (Fsp3) is 0.412. The van der Waals surface area contributed by atoms with Gasteiger partial charge in [-0.2, -0.15) is 4.31 Å². The van der Waals surface area contributed by atoms with Crippen molar-refractivity contribution in [1.82, 2.24) is 9.21 Å². The van der Waals surface area contributed by atoms with Gasteiger partial charge in [0.2, 0.25) is 10.0 Å². The molecule has 0 aromatic heterocycles. The Morgan fingerprint density at radius 3 is 2.46 bits per heavy atom. The van der Waals surface area contributed by atoms with Crippen molar-refractivity contribution in [1.29, 1.82) is 0 Å². The van der Waals surface area contributed by atoms with Crippen LogP contribution in [-0.4, -0.2) is 80.7 Å². The molecule has 0 saturated carbocycles. The molecule has 0 bridgehead atoms. The summed E-state index contributed by atoms with van der Waals surface area (Å²) < 4.78 is 40.0. The fourth-order valence-corrected chi connectivity index (χ4v) is 7.20. The van der Waals surface area contributed by atoms with Crippen LogP contribution in [0.4, 0.5) is 16.2 Å². The number of hydrogen-bond donors (Lipinski definition) is 3. The maximum absolute atomic E-state index is 13.8. The molecule has 1 aliphatic carbocycles. The molecule has 5 rings (SSSR count). The number of hydrogen-bond acceptors (Lipinski definition) is 7. The normalized spacial score (nSPS) is 18.8. The number of methoxy groups -OCH3 is 1. The highest BCUT2D eigenvalue weighted by atomic mass is 32.2. The molecule has 3 N–H and O–H groups in total. The van der Waals surface area contributed by atoms with Gasteiger partial charge in [0.1, 0.15) is 11.9 Å². The Kier molecular flexibility index (Phi) is 10.2. The average molecular weight is 651 g/mol. The molecule has 46 heavy (non-hydrogen) atoms. The number of likely N-dealkylation sites (N-methyl/N-ethyl adjacent to an activating group) is 1. The standard InChI is InChI=1S/C34H42N4O7S/c1-22-19-38(23(2)21-39)33(40)28-12-8-14-30(36-34(41)35-29-13-7-10-24-9-5-6-11-27(24)29)32(28)45-31(22)20-37(3)46(42,43)26-17-15-25(44-4)16-18-26/h7-8,10,12-18,22-23,31,39H,5-6,9,11,19-21H2,1-4H3,(H2,35,36,41)/t22-,23+,31+/m1/s1. The number of aliphatic hydroxyl groups excluding tert-OH is 1. The van der Waals surface area contributed by atoms with Crippen LogP contribution in [0.1, 0.15) is 48.2 Å². The number of amides is 3. The highest BCUT2D eigenvalue weighted by Gasteiger charge is 2.36. The van der Waals surface area contributed by atoms with Crippen LogP contribution in [0.3, 0.4) is 0 Å². The third-order valence-corrected chi connectivity index (χ3v) is 10.6. The van der Waals surface area contributed by atoms with Crippen molar-refractivity contribution in [3.05, 3.63) is 77.4 Å². The number of nitrogens with zero attached hydrogens (tertiary/aromatic N) is 2. The number of benzene rings is 3. The number of nitrogens with one attached hydrogen (secondary N) is 2. The molecule has 0 fully saturated rings. The fourth-order valence-electron chi connectivity index (χ4n) is 6.01. The lowest BCUT2D eigenvalue weighted by Gasteiger charge is -2.38. The minimum Gasteiger partial charge on any atom is -0.497 e. The molecule has 11 nitrogen and oxygen atoms in total. The number of anilines is 2. The van der Waals surface area contributed by atoms with Gasteiger partial charge >= 0.3 is 6.03 Å². The molecule has 12 heteroatoms. The van der Waals surface area contributed by atoms with E-state index in [1.807, 2.05) is 19.1 Å². The van der Waals surface area contributed by atoms with Gasteiger partial charge in [0.25, 0.3) is 5.91 Å². The molecule has 0 saturated heterocycles. The van der Waals surface area contributed by atoms with E-state index < -0.39 is 28.2 Å². The summed E-state index contributed by atoms with van der Waals surface area (Å²) in [7, 11) is -0.918. The monoisotopic (exact) mass is 650 g/mol. The molecule has 3 amide bonds. The lowest BCUT2D eigenvalue weighted by atomic mass is 9.90. The van der Waals surface area contributed by atoms with Crippen molar-refractivity contribution < 1.29 is 32.6 Å². The van der Waals surface area contributed by atoms with E-state index in [2.05, 4.69) is 16.7 Å². The summed E-state index contributed by atoms with van der Waals surface area (Å²) in [5.74, 6) is -0.0339. The number of carbonyl (C=O) groups is 2. The van der Waals surface area contributed by atoms with E-state index in [0.717, 1.165) is 36.9 Å². The first-order chi connectivity index (χ1) is 22.0. The maximum atomic E-state index is 13.8. The number of para-hydroxylation sites is 1.